The fourth-order valence-electron chi connectivity index (χ4n) is 2.01. The lowest BCUT2D eigenvalue weighted by molar-refractivity contribution is 0.426. The Hall–Kier alpha value is -1.60. The molecular weight excluding hydrogens is 230 g/mol. The molecule has 0 bridgehead atoms. The topological polar surface area (TPSA) is 12.0 Å². The van der Waals surface area contributed by atoms with E-state index >= 15 is 0 Å². The van der Waals surface area contributed by atoms with E-state index in [0.717, 1.165) is 6.54 Å². The van der Waals surface area contributed by atoms with Gasteiger partial charge in [0.1, 0.15) is 0 Å². The normalized spacial score (nSPS) is 12.6. The molecular formula is C18H23N. The summed E-state index contributed by atoms with van der Waals surface area (Å²) in [5.41, 5.74) is 3.91. The Bertz CT molecular complexity index is 502. The maximum Gasteiger partial charge on any atom is 0.0208 e. The molecule has 1 heteroatoms. The average molecular weight is 253 g/mol. The Morgan fingerprint density at radius 3 is 2.21 bits per heavy atom. The van der Waals surface area contributed by atoms with Gasteiger partial charge in [0.15, 0.2) is 0 Å². The first-order valence-electron chi connectivity index (χ1n) is 7.04. The summed E-state index contributed by atoms with van der Waals surface area (Å²) in [7, 11) is 0. The van der Waals surface area contributed by atoms with E-state index in [1.807, 2.05) is 0 Å². The molecule has 2 aromatic rings. The molecule has 0 spiro atoms. The van der Waals surface area contributed by atoms with E-state index in [9.17, 15) is 0 Å². The van der Waals surface area contributed by atoms with Gasteiger partial charge >= 0.3 is 0 Å². The molecule has 0 radical (unpaired) electrons. The lowest BCUT2D eigenvalue weighted by Gasteiger charge is -2.17. The van der Waals surface area contributed by atoms with Crippen LogP contribution in [0.3, 0.4) is 0 Å². The minimum absolute atomic E-state index is 0.542. The molecule has 19 heavy (non-hydrogen) atoms. The van der Waals surface area contributed by atoms with Crippen molar-refractivity contribution >= 4 is 0 Å². The average Bonchev–Trinajstić information content (AvgIpc) is 2.46. The molecule has 0 saturated carbocycles. The molecule has 1 N–H and O–H groups in total. The summed E-state index contributed by atoms with van der Waals surface area (Å²) in [4.78, 5) is 0. The third-order valence-electron chi connectivity index (χ3n) is 3.66. The predicted molar refractivity (Wildman–Crippen MR) is 83.0 cm³/mol. The molecule has 1 atom stereocenters. The van der Waals surface area contributed by atoms with Gasteiger partial charge < -0.3 is 5.32 Å². The SMILES string of the molecule is CC(C)C(C)NCc1cccc(-c2ccccc2)c1. The predicted octanol–water partition coefficient (Wildman–Crippen LogP) is 4.49. The first kappa shape index (κ1) is 13.8. The van der Waals surface area contributed by atoms with Gasteiger partial charge in [0, 0.05) is 12.6 Å². The quantitative estimate of drug-likeness (QED) is 0.828. The number of benzene rings is 2. The Morgan fingerprint density at radius 1 is 0.842 bits per heavy atom. The van der Waals surface area contributed by atoms with E-state index in [1.165, 1.54) is 16.7 Å². The second kappa shape index (κ2) is 6.53. The zero-order valence-electron chi connectivity index (χ0n) is 12.1. The largest absolute Gasteiger partial charge is 0.310 e. The highest BCUT2D eigenvalue weighted by Gasteiger charge is 2.06. The second-order valence-electron chi connectivity index (χ2n) is 5.48. The van der Waals surface area contributed by atoms with Crippen LogP contribution in [0, 0.1) is 5.92 Å². The molecule has 0 fully saturated rings. The van der Waals surface area contributed by atoms with Crippen LogP contribution < -0.4 is 5.32 Å². The molecule has 1 unspecified atom stereocenters. The highest BCUT2D eigenvalue weighted by Crippen LogP contribution is 2.20. The van der Waals surface area contributed by atoms with Crippen molar-refractivity contribution in [2.75, 3.05) is 0 Å². The highest BCUT2D eigenvalue weighted by molar-refractivity contribution is 5.63. The fourth-order valence-corrected chi connectivity index (χ4v) is 2.01. The molecule has 0 heterocycles. The molecule has 1 nitrogen and oxygen atoms in total. The van der Waals surface area contributed by atoms with E-state index < -0.39 is 0 Å². The van der Waals surface area contributed by atoms with Crippen LogP contribution in [-0.4, -0.2) is 6.04 Å². The molecule has 0 aliphatic heterocycles. The summed E-state index contributed by atoms with van der Waals surface area (Å²) in [6.45, 7) is 7.67. The van der Waals surface area contributed by atoms with Crippen LogP contribution in [0.5, 0.6) is 0 Å². The molecule has 0 aliphatic carbocycles. The first-order valence-corrected chi connectivity index (χ1v) is 7.04. The van der Waals surface area contributed by atoms with Crippen molar-refractivity contribution in [3.63, 3.8) is 0 Å². The van der Waals surface area contributed by atoms with Crippen molar-refractivity contribution in [3.05, 3.63) is 60.2 Å². The Labute approximate surface area is 116 Å². The molecule has 0 amide bonds. The minimum Gasteiger partial charge on any atom is -0.310 e. The number of rotatable bonds is 5. The van der Waals surface area contributed by atoms with Crippen molar-refractivity contribution in [1.82, 2.24) is 5.32 Å². The van der Waals surface area contributed by atoms with Crippen LogP contribution in [0.2, 0.25) is 0 Å². The van der Waals surface area contributed by atoms with Crippen molar-refractivity contribution in [2.24, 2.45) is 5.92 Å². The van der Waals surface area contributed by atoms with E-state index in [0.29, 0.717) is 12.0 Å². The van der Waals surface area contributed by atoms with Crippen LogP contribution in [0.4, 0.5) is 0 Å². The van der Waals surface area contributed by atoms with Gasteiger partial charge in [-0.3, -0.25) is 0 Å². The lowest BCUT2D eigenvalue weighted by Crippen LogP contribution is -2.30. The summed E-state index contributed by atoms with van der Waals surface area (Å²) in [5.74, 6) is 0.664. The van der Waals surface area contributed by atoms with Crippen LogP contribution in [0.15, 0.2) is 54.6 Å². The number of nitrogens with one attached hydrogen (secondary N) is 1. The monoisotopic (exact) mass is 253 g/mol. The molecule has 100 valence electrons. The van der Waals surface area contributed by atoms with E-state index in [4.69, 9.17) is 0 Å². The lowest BCUT2D eigenvalue weighted by atomic mass is 10.0. The van der Waals surface area contributed by atoms with Gasteiger partial charge in [-0.2, -0.15) is 0 Å². The van der Waals surface area contributed by atoms with Crippen LogP contribution >= 0.6 is 0 Å². The Balaban J connectivity index is 2.08. The highest BCUT2D eigenvalue weighted by atomic mass is 14.9. The van der Waals surface area contributed by atoms with Gasteiger partial charge in [-0.15, -0.1) is 0 Å². The van der Waals surface area contributed by atoms with Crippen LogP contribution in [-0.2, 0) is 6.54 Å². The van der Waals surface area contributed by atoms with Crippen molar-refractivity contribution in [2.45, 2.75) is 33.4 Å². The maximum absolute atomic E-state index is 3.58. The summed E-state index contributed by atoms with van der Waals surface area (Å²) in [6, 6.07) is 19.8. The minimum atomic E-state index is 0.542. The Kier molecular flexibility index (Phi) is 4.75. The van der Waals surface area contributed by atoms with E-state index in [2.05, 4.69) is 80.7 Å². The summed E-state index contributed by atoms with van der Waals surface area (Å²) in [5, 5.41) is 3.58. The number of hydrogen-bond acceptors (Lipinski definition) is 1. The summed E-state index contributed by atoms with van der Waals surface area (Å²) >= 11 is 0. The van der Waals surface area contributed by atoms with Gasteiger partial charge in [-0.1, -0.05) is 62.4 Å². The van der Waals surface area contributed by atoms with Gasteiger partial charge in [-0.25, -0.2) is 0 Å². The van der Waals surface area contributed by atoms with Crippen molar-refractivity contribution in [3.8, 4) is 11.1 Å². The van der Waals surface area contributed by atoms with Crippen molar-refractivity contribution in [1.29, 1.82) is 0 Å². The van der Waals surface area contributed by atoms with Gasteiger partial charge in [-0.05, 0) is 35.6 Å². The summed E-state index contributed by atoms with van der Waals surface area (Å²) < 4.78 is 0. The van der Waals surface area contributed by atoms with Crippen LogP contribution in [0.25, 0.3) is 11.1 Å². The third kappa shape index (κ3) is 3.93. The standard InChI is InChI=1S/C18H23N/c1-14(2)15(3)19-13-16-8-7-11-18(12-16)17-9-5-4-6-10-17/h4-12,14-15,19H,13H2,1-3H3. The smallest absolute Gasteiger partial charge is 0.0208 e. The third-order valence-corrected chi connectivity index (χ3v) is 3.66. The summed E-state index contributed by atoms with van der Waals surface area (Å²) in [6.07, 6.45) is 0. The zero-order chi connectivity index (χ0) is 13.7. The number of hydrogen-bond donors (Lipinski definition) is 1. The molecule has 2 rings (SSSR count). The first-order chi connectivity index (χ1) is 9.16. The molecule has 0 saturated heterocycles. The van der Waals surface area contributed by atoms with Gasteiger partial charge in [0.2, 0.25) is 0 Å². The van der Waals surface area contributed by atoms with Gasteiger partial charge in [0.25, 0.3) is 0 Å². The van der Waals surface area contributed by atoms with Crippen LogP contribution in [0.1, 0.15) is 26.3 Å². The van der Waals surface area contributed by atoms with E-state index in [-0.39, 0.29) is 0 Å². The van der Waals surface area contributed by atoms with Gasteiger partial charge in [0.05, 0.1) is 0 Å². The Morgan fingerprint density at radius 2 is 1.53 bits per heavy atom. The fraction of sp³-hybridized carbons (Fsp3) is 0.333. The molecule has 0 aliphatic rings. The molecule has 2 aromatic carbocycles. The zero-order valence-corrected chi connectivity index (χ0v) is 12.1. The van der Waals surface area contributed by atoms with Crippen molar-refractivity contribution < 1.29 is 0 Å². The molecule has 0 aromatic heterocycles. The second-order valence-corrected chi connectivity index (χ2v) is 5.48. The maximum atomic E-state index is 3.58. The van der Waals surface area contributed by atoms with E-state index in [1.54, 1.807) is 0 Å².